The number of aryl methyl sites for hydroxylation is 1. The first kappa shape index (κ1) is 17.2. The predicted molar refractivity (Wildman–Crippen MR) is 98.3 cm³/mol. The van der Waals surface area contributed by atoms with Gasteiger partial charge in [0.15, 0.2) is 5.16 Å². The van der Waals surface area contributed by atoms with Crippen LogP contribution in [0.3, 0.4) is 0 Å². The highest BCUT2D eigenvalue weighted by Crippen LogP contribution is 2.19. The molecule has 0 aliphatic rings. The van der Waals surface area contributed by atoms with Crippen LogP contribution in [0.15, 0.2) is 66.1 Å². The quantitative estimate of drug-likeness (QED) is 0.677. The molecule has 1 aromatic heterocycles. The van der Waals surface area contributed by atoms with Crippen molar-refractivity contribution in [3.05, 3.63) is 77.9 Å². The maximum atomic E-state index is 13.0. The number of nitrogens with zero attached hydrogens (tertiary/aromatic N) is 2. The van der Waals surface area contributed by atoms with Gasteiger partial charge in [0.1, 0.15) is 5.82 Å². The van der Waals surface area contributed by atoms with Crippen LogP contribution in [-0.4, -0.2) is 21.2 Å². The highest BCUT2D eigenvalue weighted by molar-refractivity contribution is 7.99. The average Bonchev–Trinajstić information content (AvgIpc) is 3.04. The van der Waals surface area contributed by atoms with E-state index in [0.717, 1.165) is 22.0 Å². The highest BCUT2D eigenvalue weighted by Gasteiger charge is 2.09. The number of para-hydroxylation sites is 1. The van der Waals surface area contributed by atoms with Crippen LogP contribution in [-0.2, 0) is 11.3 Å². The van der Waals surface area contributed by atoms with Crippen LogP contribution in [0, 0.1) is 12.7 Å². The molecule has 2 aromatic carbocycles. The van der Waals surface area contributed by atoms with Crippen molar-refractivity contribution in [1.82, 2.24) is 9.55 Å². The average molecular weight is 355 g/mol. The zero-order valence-electron chi connectivity index (χ0n) is 13.8. The minimum Gasteiger partial charge on any atom is -0.325 e. The zero-order chi connectivity index (χ0) is 17.6. The molecule has 0 spiro atoms. The van der Waals surface area contributed by atoms with Crippen LogP contribution in [0.1, 0.15) is 11.1 Å². The smallest absolute Gasteiger partial charge is 0.234 e. The molecule has 0 aliphatic heterocycles. The maximum absolute atomic E-state index is 13.0. The third-order valence-electron chi connectivity index (χ3n) is 3.69. The van der Waals surface area contributed by atoms with E-state index in [4.69, 9.17) is 0 Å². The molecule has 25 heavy (non-hydrogen) atoms. The minimum atomic E-state index is -0.253. The van der Waals surface area contributed by atoms with Gasteiger partial charge in [-0.2, -0.15) is 0 Å². The lowest BCUT2D eigenvalue weighted by molar-refractivity contribution is -0.113. The Balaban J connectivity index is 1.59. The maximum Gasteiger partial charge on any atom is 0.234 e. The second-order valence-corrected chi connectivity index (χ2v) is 6.56. The third kappa shape index (κ3) is 4.70. The number of benzene rings is 2. The fourth-order valence-corrected chi connectivity index (χ4v) is 3.13. The van der Waals surface area contributed by atoms with Gasteiger partial charge in [-0.05, 0) is 36.2 Å². The number of thioether (sulfide) groups is 1. The summed E-state index contributed by atoms with van der Waals surface area (Å²) in [5.74, 6) is -0.0538. The van der Waals surface area contributed by atoms with Gasteiger partial charge in [-0.1, -0.05) is 42.1 Å². The Morgan fingerprint density at radius 3 is 2.72 bits per heavy atom. The van der Waals surface area contributed by atoms with Crippen LogP contribution < -0.4 is 5.32 Å². The molecule has 0 saturated carbocycles. The number of hydrogen-bond donors (Lipinski definition) is 1. The Labute approximate surface area is 150 Å². The first-order valence-corrected chi connectivity index (χ1v) is 8.84. The standard InChI is InChI=1S/C19H18FN3OS/c1-14-4-2-3-5-17(14)22-18(24)13-25-19-21-10-11-23(19)12-15-6-8-16(20)9-7-15/h2-11H,12-13H2,1H3,(H,22,24). The van der Waals surface area contributed by atoms with Crippen LogP contribution in [0.2, 0.25) is 0 Å². The summed E-state index contributed by atoms with van der Waals surface area (Å²) >= 11 is 1.38. The van der Waals surface area contributed by atoms with Gasteiger partial charge in [0.2, 0.25) is 5.91 Å². The summed E-state index contributed by atoms with van der Waals surface area (Å²) in [6.45, 7) is 2.54. The molecule has 6 heteroatoms. The summed E-state index contributed by atoms with van der Waals surface area (Å²) in [6, 6.07) is 14.0. The summed E-state index contributed by atoms with van der Waals surface area (Å²) in [5, 5.41) is 3.66. The van der Waals surface area contributed by atoms with E-state index in [1.165, 1.54) is 23.9 Å². The van der Waals surface area contributed by atoms with E-state index < -0.39 is 0 Å². The number of anilines is 1. The monoisotopic (exact) mass is 355 g/mol. The van der Waals surface area contributed by atoms with Gasteiger partial charge >= 0.3 is 0 Å². The van der Waals surface area contributed by atoms with Crippen LogP contribution in [0.5, 0.6) is 0 Å². The van der Waals surface area contributed by atoms with E-state index in [1.54, 1.807) is 18.3 Å². The molecule has 0 unspecified atom stereocenters. The number of rotatable bonds is 6. The van der Waals surface area contributed by atoms with Crippen LogP contribution in [0.4, 0.5) is 10.1 Å². The van der Waals surface area contributed by atoms with Gasteiger partial charge in [0.25, 0.3) is 0 Å². The Hall–Kier alpha value is -2.60. The largest absolute Gasteiger partial charge is 0.325 e. The van der Waals surface area contributed by atoms with Gasteiger partial charge in [0, 0.05) is 24.6 Å². The molecular weight excluding hydrogens is 337 g/mol. The zero-order valence-corrected chi connectivity index (χ0v) is 14.6. The predicted octanol–water partition coefficient (Wildman–Crippen LogP) is 4.11. The topological polar surface area (TPSA) is 46.9 Å². The van der Waals surface area contributed by atoms with E-state index in [-0.39, 0.29) is 17.5 Å². The lowest BCUT2D eigenvalue weighted by Gasteiger charge is -2.09. The number of imidazole rings is 1. The lowest BCUT2D eigenvalue weighted by atomic mass is 10.2. The molecule has 0 fully saturated rings. The van der Waals surface area contributed by atoms with Crippen molar-refractivity contribution in [3.8, 4) is 0 Å². The molecule has 0 bridgehead atoms. The van der Waals surface area contributed by atoms with Crippen molar-refractivity contribution in [1.29, 1.82) is 0 Å². The summed E-state index contributed by atoms with van der Waals surface area (Å²) < 4.78 is 14.9. The normalized spacial score (nSPS) is 10.6. The number of amides is 1. The third-order valence-corrected chi connectivity index (χ3v) is 4.70. The van der Waals surface area contributed by atoms with E-state index in [2.05, 4.69) is 10.3 Å². The lowest BCUT2D eigenvalue weighted by Crippen LogP contribution is -2.15. The molecule has 1 heterocycles. The van der Waals surface area contributed by atoms with E-state index >= 15 is 0 Å². The summed E-state index contributed by atoms with van der Waals surface area (Å²) in [6.07, 6.45) is 3.55. The van der Waals surface area contributed by atoms with Crippen molar-refractivity contribution >= 4 is 23.4 Å². The van der Waals surface area contributed by atoms with Crippen LogP contribution >= 0.6 is 11.8 Å². The van der Waals surface area contributed by atoms with Crippen molar-refractivity contribution in [2.45, 2.75) is 18.6 Å². The van der Waals surface area contributed by atoms with Gasteiger partial charge in [0.05, 0.1) is 5.75 Å². The van der Waals surface area contributed by atoms with Crippen molar-refractivity contribution in [3.63, 3.8) is 0 Å². The Kier molecular flexibility index (Phi) is 5.50. The molecule has 4 nitrogen and oxygen atoms in total. The fraction of sp³-hybridized carbons (Fsp3) is 0.158. The fourth-order valence-electron chi connectivity index (χ4n) is 2.37. The number of hydrogen-bond acceptors (Lipinski definition) is 3. The summed E-state index contributed by atoms with van der Waals surface area (Å²) in [4.78, 5) is 16.5. The molecule has 0 aliphatic carbocycles. The van der Waals surface area contributed by atoms with Gasteiger partial charge in [-0.25, -0.2) is 9.37 Å². The van der Waals surface area contributed by atoms with E-state index in [9.17, 15) is 9.18 Å². The molecule has 128 valence electrons. The molecule has 0 atom stereocenters. The molecule has 1 N–H and O–H groups in total. The number of aromatic nitrogens is 2. The van der Waals surface area contributed by atoms with E-state index in [1.807, 2.05) is 42.0 Å². The van der Waals surface area contributed by atoms with E-state index in [0.29, 0.717) is 6.54 Å². The number of carbonyl (C=O) groups excluding carboxylic acids is 1. The van der Waals surface area contributed by atoms with Crippen molar-refractivity contribution in [2.24, 2.45) is 0 Å². The summed E-state index contributed by atoms with van der Waals surface area (Å²) in [5.41, 5.74) is 2.83. The second-order valence-electron chi connectivity index (χ2n) is 5.62. The van der Waals surface area contributed by atoms with Crippen molar-refractivity contribution in [2.75, 3.05) is 11.1 Å². The SMILES string of the molecule is Cc1ccccc1NC(=O)CSc1nccn1Cc1ccc(F)cc1. The van der Waals surface area contributed by atoms with Gasteiger partial charge in [-0.3, -0.25) is 4.79 Å². The Morgan fingerprint density at radius 2 is 1.96 bits per heavy atom. The number of halogens is 1. The molecule has 3 aromatic rings. The molecular formula is C19H18FN3OS. The Morgan fingerprint density at radius 1 is 1.20 bits per heavy atom. The second kappa shape index (κ2) is 7.98. The van der Waals surface area contributed by atoms with Crippen molar-refractivity contribution < 1.29 is 9.18 Å². The number of nitrogens with one attached hydrogen (secondary N) is 1. The molecule has 3 rings (SSSR count). The molecule has 1 amide bonds. The van der Waals surface area contributed by atoms with Gasteiger partial charge < -0.3 is 9.88 Å². The molecule has 0 saturated heterocycles. The van der Waals surface area contributed by atoms with Crippen LogP contribution in [0.25, 0.3) is 0 Å². The first-order valence-electron chi connectivity index (χ1n) is 7.85. The first-order chi connectivity index (χ1) is 12.1. The van der Waals surface area contributed by atoms with Gasteiger partial charge in [-0.15, -0.1) is 0 Å². The Bertz CT molecular complexity index is 861. The highest BCUT2D eigenvalue weighted by atomic mass is 32.2. The molecule has 0 radical (unpaired) electrons. The summed E-state index contributed by atoms with van der Waals surface area (Å²) in [7, 11) is 0. The minimum absolute atomic E-state index is 0.0735. The number of carbonyl (C=O) groups is 1.